The van der Waals surface area contributed by atoms with E-state index in [1.807, 2.05) is 67.5 Å². The molecule has 5 rings (SSSR count). The van der Waals surface area contributed by atoms with Crippen molar-refractivity contribution < 1.29 is 9.59 Å². The Bertz CT molecular complexity index is 1410. The first-order valence-electron chi connectivity index (χ1n) is 13.9. The fourth-order valence-corrected chi connectivity index (χ4v) is 4.23. The highest BCUT2D eigenvalue weighted by Gasteiger charge is 2.29. The van der Waals surface area contributed by atoms with Crippen molar-refractivity contribution >= 4 is 23.1 Å². The number of carbonyl (C=O) groups is 2. The van der Waals surface area contributed by atoms with Gasteiger partial charge in [-0.2, -0.15) is 0 Å². The van der Waals surface area contributed by atoms with Gasteiger partial charge in [0.2, 0.25) is 5.91 Å². The van der Waals surface area contributed by atoms with Gasteiger partial charge in [-0.25, -0.2) is 4.98 Å². The number of nitrogens with one attached hydrogen (secondary N) is 4. The van der Waals surface area contributed by atoms with E-state index in [2.05, 4.69) is 51.0 Å². The van der Waals surface area contributed by atoms with E-state index in [4.69, 9.17) is 0 Å². The Kier molecular flexibility index (Phi) is 11.9. The predicted octanol–water partition coefficient (Wildman–Crippen LogP) is 5.47. The number of allylic oxidation sites excluding steroid dienone is 3. The largest absolute Gasteiger partial charge is 0.377 e. The van der Waals surface area contributed by atoms with Crippen LogP contribution in [-0.2, 0) is 22.7 Å². The monoisotopic (exact) mass is 555 g/mol. The molecule has 0 aliphatic carbocycles. The van der Waals surface area contributed by atoms with E-state index in [0.717, 1.165) is 58.5 Å². The molecule has 0 spiro atoms. The average Bonchev–Trinajstić information content (AvgIpc) is 3.72. The van der Waals surface area contributed by atoms with Crippen LogP contribution in [0.1, 0.15) is 51.4 Å². The van der Waals surface area contributed by atoms with Gasteiger partial charge in [0.1, 0.15) is 11.9 Å². The quantitative estimate of drug-likeness (QED) is 0.169. The molecule has 1 unspecified atom stereocenters. The molecular formula is C32H41N7O2. The summed E-state index contributed by atoms with van der Waals surface area (Å²) in [6.45, 7) is 11.1. The highest BCUT2D eigenvalue weighted by Crippen LogP contribution is 2.24. The van der Waals surface area contributed by atoms with Gasteiger partial charge in [-0.1, -0.05) is 63.3 Å². The molecule has 1 aromatic carbocycles. The number of hydrogen-bond donors (Lipinski definition) is 4. The number of fused-ring (bicyclic) bond motifs is 1. The number of hydrogen-bond acceptors (Lipinski definition) is 6. The second kappa shape index (κ2) is 15.8. The summed E-state index contributed by atoms with van der Waals surface area (Å²) < 4.78 is 0. The van der Waals surface area contributed by atoms with Gasteiger partial charge in [0.25, 0.3) is 0 Å². The van der Waals surface area contributed by atoms with Gasteiger partial charge in [-0.05, 0) is 31.9 Å². The standard InChI is InChI=1S/C15H18N4O.C14H15N3O.C3H8/c1-10-3-4-14(19(10)2)15(20)17-9-12-7-11-8-16-6-5-13(11)18-12;1-2-12(10-18)15-8-13-9-16-14(17-13)11-6-4-3-5-7-11;1-3-2/h5-8,14,18H,1,3-4,9H2,2H3,(H,17,20);2-7,9-10,15H,8H2,1H3,(H,16,17);3H2,1-2H3/b;12-2+;. The summed E-state index contributed by atoms with van der Waals surface area (Å²) in [4.78, 5) is 39.6. The lowest BCUT2D eigenvalue weighted by molar-refractivity contribution is -0.125. The minimum absolute atomic E-state index is 0.0583. The van der Waals surface area contributed by atoms with Crippen LogP contribution in [0.15, 0.2) is 85.1 Å². The lowest BCUT2D eigenvalue weighted by Crippen LogP contribution is -2.40. The Balaban J connectivity index is 0.000000207. The van der Waals surface area contributed by atoms with Gasteiger partial charge in [0, 0.05) is 47.3 Å². The van der Waals surface area contributed by atoms with Gasteiger partial charge >= 0.3 is 0 Å². The number of nitrogens with zero attached hydrogens (tertiary/aromatic N) is 3. The van der Waals surface area contributed by atoms with Crippen LogP contribution in [0.25, 0.3) is 22.3 Å². The van der Waals surface area contributed by atoms with E-state index in [0.29, 0.717) is 18.8 Å². The Morgan fingerprint density at radius 1 is 1.10 bits per heavy atom. The van der Waals surface area contributed by atoms with Crippen molar-refractivity contribution in [3.8, 4) is 11.4 Å². The zero-order chi connectivity index (χ0) is 29.6. The van der Waals surface area contributed by atoms with Crippen molar-refractivity contribution in [3.63, 3.8) is 0 Å². The minimum atomic E-state index is -0.0893. The summed E-state index contributed by atoms with van der Waals surface area (Å²) in [6.07, 6.45) is 10.9. The van der Waals surface area contributed by atoms with Crippen molar-refractivity contribution in [1.82, 2.24) is 35.5 Å². The highest BCUT2D eigenvalue weighted by molar-refractivity contribution is 5.83. The third-order valence-corrected chi connectivity index (χ3v) is 6.50. The summed E-state index contributed by atoms with van der Waals surface area (Å²) >= 11 is 0. The molecule has 41 heavy (non-hydrogen) atoms. The summed E-state index contributed by atoms with van der Waals surface area (Å²) in [6, 6.07) is 13.8. The maximum atomic E-state index is 12.2. The lowest BCUT2D eigenvalue weighted by atomic mass is 10.2. The molecular weight excluding hydrogens is 514 g/mol. The van der Waals surface area contributed by atoms with Crippen LogP contribution in [-0.4, -0.2) is 50.1 Å². The van der Waals surface area contributed by atoms with E-state index in [1.54, 1.807) is 18.5 Å². The van der Waals surface area contributed by atoms with Crippen LogP contribution in [0.3, 0.4) is 0 Å². The molecule has 0 saturated carbocycles. The Labute approximate surface area is 242 Å². The first-order valence-corrected chi connectivity index (χ1v) is 13.9. The second-order valence-corrected chi connectivity index (χ2v) is 9.75. The summed E-state index contributed by atoms with van der Waals surface area (Å²) in [5, 5.41) is 7.06. The maximum Gasteiger partial charge on any atom is 0.243 e. The summed E-state index contributed by atoms with van der Waals surface area (Å²) in [7, 11) is 1.92. The van der Waals surface area contributed by atoms with E-state index >= 15 is 0 Å². The molecule has 1 saturated heterocycles. The molecule has 9 nitrogen and oxygen atoms in total. The van der Waals surface area contributed by atoms with Crippen molar-refractivity contribution in [2.45, 2.75) is 59.2 Å². The number of carbonyl (C=O) groups excluding carboxylic acids is 2. The average molecular weight is 556 g/mol. The maximum absolute atomic E-state index is 12.2. The van der Waals surface area contributed by atoms with Crippen LogP contribution in [0.4, 0.5) is 0 Å². The normalized spacial score (nSPS) is 14.5. The van der Waals surface area contributed by atoms with Crippen LogP contribution in [0, 0.1) is 0 Å². The lowest BCUT2D eigenvalue weighted by Gasteiger charge is -2.21. The highest BCUT2D eigenvalue weighted by atomic mass is 16.2. The number of benzene rings is 1. The molecule has 4 aromatic rings. The molecule has 1 aliphatic rings. The van der Waals surface area contributed by atoms with E-state index < -0.39 is 0 Å². The number of aldehydes is 1. The number of imidazole rings is 1. The van der Waals surface area contributed by atoms with Crippen molar-refractivity contribution in [3.05, 3.63) is 96.5 Å². The smallest absolute Gasteiger partial charge is 0.243 e. The van der Waals surface area contributed by atoms with Crippen LogP contribution in [0.2, 0.25) is 0 Å². The second-order valence-electron chi connectivity index (χ2n) is 9.75. The van der Waals surface area contributed by atoms with Crippen molar-refractivity contribution in [2.24, 2.45) is 0 Å². The Morgan fingerprint density at radius 2 is 1.83 bits per heavy atom. The molecule has 1 fully saturated rings. The van der Waals surface area contributed by atoms with Gasteiger partial charge < -0.3 is 25.5 Å². The van der Waals surface area contributed by atoms with Gasteiger partial charge in [0.05, 0.1) is 30.7 Å². The third-order valence-electron chi connectivity index (χ3n) is 6.50. The molecule has 0 radical (unpaired) electrons. The fraction of sp³-hybridized carbons (Fsp3) is 0.312. The number of likely N-dealkylation sites (N-methyl/N-ethyl adjacent to an activating group) is 1. The van der Waals surface area contributed by atoms with Crippen LogP contribution >= 0.6 is 0 Å². The first kappa shape index (κ1) is 30.9. The van der Waals surface area contributed by atoms with E-state index in [-0.39, 0.29) is 11.9 Å². The minimum Gasteiger partial charge on any atom is -0.377 e. The molecule has 9 heteroatoms. The summed E-state index contributed by atoms with van der Waals surface area (Å²) in [5.74, 6) is 0.892. The SMILES string of the molecule is C/C=C(\C=O)NCc1cnc(-c2ccccc2)[nH]1.C=C1CCC(C(=O)NCc2cc3cnccc3[nH]2)N1C.CCC. The molecule has 1 aliphatic heterocycles. The number of H-pyrrole nitrogens is 2. The number of pyridine rings is 1. The zero-order valence-corrected chi connectivity index (χ0v) is 24.4. The van der Waals surface area contributed by atoms with E-state index in [1.165, 1.54) is 6.42 Å². The van der Waals surface area contributed by atoms with E-state index in [9.17, 15) is 9.59 Å². The molecule has 0 bridgehead atoms. The molecule has 3 aromatic heterocycles. The number of rotatable bonds is 8. The first-order chi connectivity index (χ1) is 19.9. The number of amides is 1. The number of aromatic amines is 2. The fourth-order valence-electron chi connectivity index (χ4n) is 4.23. The van der Waals surface area contributed by atoms with Crippen molar-refractivity contribution in [1.29, 1.82) is 0 Å². The zero-order valence-electron chi connectivity index (χ0n) is 24.4. The van der Waals surface area contributed by atoms with Crippen LogP contribution in [0.5, 0.6) is 0 Å². The molecule has 216 valence electrons. The Hall–Kier alpha value is -4.66. The molecule has 4 N–H and O–H groups in total. The van der Waals surface area contributed by atoms with Crippen molar-refractivity contribution in [2.75, 3.05) is 7.05 Å². The topological polar surface area (TPSA) is 119 Å². The predicted molar refractivity (Wildman–Crippen MR) is 165 cm³/mol. The van der Waals surface area contributed by atoms with Gasteiger partial charge in [0.15, 0.2) is 6.29 Å². The van der Waals surface area contributed by atoms with Gasteiger partial charge in [-0.3, -0.25) is 14.6 Å². The number of aromatic nitrogens is 4. The molecule has 4 heterocycles. The Morgan fingerprint density at radius 3 is 2.46 bits per heavy atom. The third kappa shape index (κ3) is 8.93. The summed E-state index contributed by atoms with van der Waals surface area (Å²) in [5.41, 5.74) is 5.62. The molecule has 1 atom stereocenters. The van der Waals surface area contributed by atoms with Gasteiger partial charge in [-0.15, -0.1) is 0 Å². The van der Waals surface area contributed by atoms with Crippen LogP contribution < -0.4 is 10.6 Å². The molecule has 1 amide bonds. The number of likely N-dealkylation sites (tertiary alicyclic amines) is 1.